The molecular weight excluding hydrogens is 292 g/mol. The van der Waals surface area contributed by atoms with E-state index in [0.717, 1.165) is 43.1 Å². The summed E-state index contributed by atoms with van der Waals surface area (Å²) < 4.78 is 11.0. The first-order valence-electron chi connectivity index (χ1n) is 8.43. The summed E-state index contributed by atoms with van der Waals surface area (Å²) in [7, 11) is 0. The molecule has 0 heterocycles. The van der Waals surface area contributed by atoms with E-state index in [-0.39, 0.29) is 6.10 Å². The van der Waals surface area contributed by atoms with Crippen LogP contribution in [0.2, 0.25) is 0 Å². The Kier molecular flexibility index (Phi) is 8.48. The number of carbonyl (C=O) groups excluding carboxylic acids is 1. The van der Waals surface area contributed by atoms with E-state index < -0.39 is 6.09 Å². The molecule has 1 aromatic carbocycles. The molecule has 0 aliphatic carbocycles. The molecule has 1 aromatic rings. The first kappa shape index (κ1) is 19.3. The molecule has 0 radical (unpaired) electrons. The van der Waals surface area contributed by atoms with Crippen LogP contribution in [0.15, 0.2) is 18.2 Å². The summed E-state index contributed by atoms with van der Waals surface area (Å²) in [6.07, 6.45) is 0.396. The molecule has 1 amide bonds. The van der Waals surface area contributed by atoms with Crippen LogP contribution in [-0.4, -0.2) is 43.3 Å². The summed E-state index contributed by atoms with van der Waals surface area (Å²) in [4.78, 5) is 14.2. The first-order valence-corrected chi connectivity index (χ1v) is 8.43. The predicted molar refractivity (Wildman–Crippen MR) is 94.3 cm³/mol. The summed E-state index contributed by atoms with van der Waals surface area (Å²) in [6.45, 7) is 13.4. The van der Waals surface area contributed by atoms with Gasteiger partial charge in [-0.3, -0.25) is 5.32 Å². The molecule has 1 unspecified atom stereocenters. The number of likely N-dealkylation sites (N-methyl/N-ethyl adjacent to an activating group) is 1. The summed E-state index contributed by atoms with van der Waals surface area (Å²) >= 11 is 0. The maximum absolute atomic E-state index is 12.0. The van der Waals surface area contributed by atoms with Crippen LogP contribution in [0.3, 0.4) is 0 Å². The number of nitrogens with one attached hydrogen (secondary N) is 1. The molecule has 0 saturated heterocycles. The van der Waals surface area contributed by atoms with Gasteiger partial charge in [-0.25, -0.2) is 4.79 Å². The van der Waals surface area contributed by atoms with Gasteiger partial charge in [-0.05, 0) is 57.1 Å². The minimum atomic E-state index is -0.421. The highest BCUT2D eigenvalue weighted by Gasteiger charge is 2.13. The van der Waals surface area contributed by atoms with E-state index in [9.17, 15) is 4.79 Å². The smallest absolute Gasteiger partial charge is 0.411 e. The van der Waals surface area contributed by atoms with E-state index in [1.54, 1.807) is 0 Å². The van der Waals surface area contributed by atoms with Crippen LogP contribution in [0.25, 0.3) is 0 Å². The molecule has 23 heavy (non-hydrogen) atoms. The minimum absolute atomic E-state index is 0.151. The quantitative estimate of drug-likeness (QED) is 0.745. The fourth-order valence-corrected chi connectivity index (χ4v) is 2.29. The van der Waals surface area contributed by atoms with E-state index in [2.05, 4.69) is 31.0 Å². The molecule has 1 N–H and O–H groups in total. The van der Waals surface area contributed by atoms with Gasteiger partial charge in [-0.2, -0.15) is 0 Å². The molecular formula is C18H30N2O3. The summed E-state index contributed by atoms with van der Waals surface area (Å²) in [5, 5.41) is 2.80. The van der Waals surface area contributed by atoms with Gasteiger partial charge in [0, 0.05) is 12.2 Å². The average molecular weight is 322 g/mol. The van der Waals surface area contributed by atoms with Crippen molar-refractivity contribution in [3.63, 3.8) is 0 Å². The maximum Gasteiger partial charge on any atom is 0.411 e. The normalized spacial score (nSPS) is 12.1. The number of amides is 1. The van der Waals surface area contributed by atoms with Gasteiger partial charge >= 0.3 is 6.09 Å². The minimum Gasteiger partial charge on any atom is -0.494 e. The summed E-state index contributed by atoms with van der Waals surface area (Å²) in [5.74, 6) is 0.818. The highest BCUT2D eigenvalue weighted by Crippen LogP contribution is 2.21. The zero-order valence-corrected chi connectivity index (χ0v) is 15.0. The molecule has 5 nitrogen and oxygen atoms in total. The Morgan fingerprint density at radius 2 is 1.96 bits per heavy atom. The standard InChI is InChI=1S/C18H30N2O3/c1-6-11-22-16-9-10-17(14(4)12-16)19-18(21)23-15(5)13-20(7-2)8-3/h9-10,12,15H,6-8,11,13H2,1-5H3,(H,19,21). The summed E-state index contributed by atoms with van der Waals surface area (Å²) in [5.41, 5.74) is 1.70. The number of aryl methyl sites for hydroxylation is 1. The fourth-order valence-electron chi connectivity index (χ4n) is 2.29. The molecule has 0 aromatic heterocycles. The number of hydrogen-bond donors (Lipinski definition) is 1. The van der Waals surface area contributed by atoms with E-state index in [1.807, 2.05) is 32.0 Å². The Morgan fingerprint density at radius 1 is 1.26 bits per heavy atom. The number of carbonyl (C=O) groups is 1. The van der Waals surface area contributed by atoms with Crippen molar-refractivity contribution in [1.29, 1.82) is 0 Å². The summed E-state index contributed by atoms with van der Waals surface area (Å²) in [6, 6.07) is 5.62. The molecule has 1 atom stereocenters. The van der Waals surface area contributed by atoms with Crippen molar-refractivity contribution < 1.29 is 14.3 Å². The van der Waals surface area contributed by atoms with Gasteiger partial charge in [0.1, 0.15) is 11.9 Å². The zero-order chi connectivity index (χ0) is 17.2. The Bertz CT molecular complexity index is 487. The Balaban J connectivity index is 2.53. The van der Waals surface area contributed by atoms with E-state index in [0.29, 0.717) is 6.61 Å². The second-order valence-electron chi connectivity index (χ2n) is 5.65. The average Bonchev–Trinajstić information content (AvgIpc) is 2.52. The van der Waals surface area contributed by atoms with Gasteiger partial charge in [-0.1, -0.05) is 20.8 Å². The third-order valence-electron chi connectivity index (χ3n) is 3.63. The van der Waals surface area contributed by atoms with Crippen molar-refractivity contribution in [3.8, 4) is 5.75 Å². The number of nitrogens with zero attached hydrogens (tertiary/aromatic N) is 1. The van der Waals surface area contributed by atoms with E-state index >= 15 is 0 Å². The molecule has 0 aliphatic heterocycles. The van der Waals surface area contributed by atoms with Gasteiger partial charge < -0.3 is 14.4 Å². The number of benzene rings is 1. The van der Waals surface area contributed by atoms with Crippen molar-refractivity contribution in [3.05, 3.63) is 23.8 Å². The Hall–Kier alpha value is -1.75. The zero-order valence-electron chi connectivity index (χ0n) is 15.0. The van der Waals surface area contributed by atoms with E-state index in [1.165, 1.54) is 0 Å². The number of anilines is 1. The predicted octanol–water partition coefficient (Wildman–Crippen LogP) is 4.06. The SMILES string of the molecule is CCCOc1ccc(NC(=O)OC(C)CN(CC)CC)c(C)c1. The molecule has 0 bridgehead atoms. The number of rotatable bonds is 9. The van der Waals surface area contributed by atoms with E-state index in [4.69, 9.17) is 9.47 Å². The number of ether oxygens (including phenoxy) is 2. The Morgan fingerprint density at radius 3 is 2.52 bits per heavy atom. The van der Waals surface area contributed by atoms with Crippen LogP contribution in [-0.2, 0) is 4.74 Å². The lowest BCUT2D eigenvalue weighted by atomic mass is 10.2. The van der Waals surface area contributed by atoms with Gasteiger partial charge in [0.25, 0.3) is 0 Å². The molecule has 0 spiro atoms. The van der Waals surface area contributed by atoms with Crippen LogP contribution in [0, 0.1) is 6.92 Å². The van der Waals surface area contributed by atoms with Crippen molar-refractivity contribution in [1.82, 2.24) is 4.90 Å². The monoisotopic (exact) mass is 322 g/mol. The van der Waals surface area contributed by atoms with Crippen molar-refractivity contribution >= 4 is 11.8 Å². The third-order valence-corrected chi connectivity index (χ3v) is 3.63. The van der Waals surface area contributed by atoms with Gasteiger partial charge in [0.15, 0.2) is 0 Å². The Labute approximate surface area is 140 Å². The van der Waals surface area contributed by atoms with Crippen LogP contribution >= 0.6 is 0 Å². The van der Waals surface area contributed by atoms with Crippen LogP contribution in [0.4, 0.5) is 10.5 Å². The fraction of sp³-hybridized carbons (Fsp3) is 0.611. The lowest BCUT2D eigenvalue weighted by molar-refractivity contribution is 0.0929. The molecule has 0 fully saturated rings. The highest BCUT2D eigenvalue weighted by atomic mass is 16.6. The van der Waals surface area contributed by atoms with Crippen LogP contribution < -0.4 is 10.1 Å². The van der Waals surface area contributed by atoms with Crippen molar-refractivity contribution in [2.24, 2.45) is 0 Å². The maximum atomic E-state index is 12.0. The highest BCUT2D eigenvalue weighted by molar-refractivity contribution is 5.85. The first-order chi connectivity index (χ1) is 11.0. The van der Waals surface area contributed by atoms with Crippen molar-refractivity contribution in [2.75, 3.05) is 31.6 Å². The third kappa shape index (κ3) is 6.91. The molecule has 130 valence electrons. The molecule has 1 rings (SSSR count). The topological polar surface area (TPSA) is 50.8 Å². The number of hydrogen-bond acceptors (Lipinski definition) is 4. The lowest BCUT2D eigenvalue weighted by Gasteiger charge is -2.22. The lowest BCUT2D eigenvalue weighted by Crippen LogP contribution is -2.34. The molecule has 0 aliphatic rings. The second-order valence-corrected chi connectivity index (χ2v) is 5.65. The van der Waals surface area contributed by atoms with Gasteiger partial charge in [0.05, 0.1) is 6.61 Å². The molecule has 5 heteroatoms. The van der Waals surface area contributed by atoms with Crippen molar-refractivity contribution in [2.45, 2.75) is 47.1 Å². The van der Waals surface area contributed by atoms with Crippen LogP contribution in [0.1, 0.15) is 39.7 Å². The van der Waals surface area contributed by atoms with Gasteiger partial charge in [-0.15, -0.1) is 0 Å². The largest absolute Gasteiger partial charge is 0.494 e. The van der Waals surface area contributed by atoms with Gasteiger partial charge in [0.2, 0.25) is 0 Å². The second kappa shape index (κ2) is 10.1. The van der Waals surface area contributed by atoms with Crippen LogP contribution in [0.5, 0.6) is 5.75 Å². The molecule has 0 saturated carbocycles.